The van der Waals surface area contributed by atoms with E-state index in [1.54, 1.807) is 18.2 Å². The van der Waals surface area contributed by atoms with Gasteiger partial charge in [-0.15, -0.1) is 0 Å². The zero-order chi connectivity index (χ0) is 17.7. The summed E-state index contributed by atoms with van der Waals surface area (Å²) in [7, 11) is 0. The summed E-state index contributed by atoms with van der Waals surface area (Å²) in [6.45, 7) is 0. The van der Waals surface area contributed by atoms with Gasteiger partial charge in [-0.05, 0) is 48.2 Å². The molecule has 0 saturated carbocycles. The van der Waals surface area contributed by atoms with Crippen LogP contribution in [-0.4, -0.2) is 15.7 Å². The Bertz CT molecular complexity index is 1070. The van der Waals surface area contributed by atoms with Crippen LogP contribution >= 0.6 is 23.2 Å². The summed E-state index contributed by atoms with van der Waals surface area (Å²) in [5, 5.41) is 11.9. The summed E-state index contributed by atoms with van der Waals surface area (Å²) in [4.78, 5) is 25.4. The number of halogens is 2. The van der Waals surface area contributed by atoms with E-state index in [0.29, 0.717) is 27.7 Å². The molecule has 0 saturated heterocycles. The van der Waals surface area contributed by atoms with Crippen molar-refractivity contribution in [2.45, 2.75) is 18.8 Å². The largest absolute Gasteiger partial charge is 0.428 e. The van der Waals surface area contributed by atoms with Crippen molar-refractivity contribution in [1.29, 1.82) is 0 Å². The molecule has 0 spiro atoms. The zero-order valence-corrected chi connectivity index (χ0v) is 14.5. The van der Waals surface area contributed by atoms with E-state index in [2.05, 4.69) is 0 Å². The van der Waals surface area contributed by atoms with Gasteiger partial charge in [0, 0.05) is 21.9 Å². The number of hydrogen-bond donors (Lipinski definition) is 1. The molecule has 1 aliphatic carbocycles. The van der Waals surface area contributed by atoms with Crippen LogP contribution in [0.2, 0.25) is 10.0 Å². The second-order valence-electron chi connectivity index (χ2n) is 6.20. The highest BCUT2D eigenvalue weighted by atomic mass is 35.5. The molecule has 6 heteroatoms. The van der Waals surface area contributed by atoms with E-state index in [0.717, 1.165) is 10.3 Å². The van der Waals surface area contributed by atoms with Crippen molar-refractivity contribution in [3.8, 4) is 0 Å². The van der Waals surface area contributed by atoms with Crippen LogP contribution in [0.1, 0.15) is 34.0 Å². The second-order valence-corrected chi connectivity index (χ2v) is 7.08. The van der Waals surface area contributed by atoms with Crippen LogP contribution in [0.4, 0.5) is 0 Å². The summed E-state index contributed by atoms with van der Waals surface area (Å²) < 4.78 is 0.928. The van der Waals surface area contributed by atoms with Gasteiger partial charge in [0.15, 0.2) is 5.78 Å². The van der Waals surface area contributed by atoms with Crippen molar-refractivity contribution in [1.82, 2.24) is 4.73 Å². The highest BCUT2D eigenvalue weighted by Crippen LogP contribution is 2.33. The van der Waals surface area contributed by atoms with E-state index in [4.69, 9.17) is 23.2 Å². The molecule has 1 N–H and O–H groups in total. The Morgan fingerprint density at radius 2 is 1.64 bits per heavy atom. The monoisotopic (exact) mass is 373 g/mol. The lowest BCUT2D eigenvalue weighted by atomic mass is 9.81. The molecule has 1 atom stereocenters. The van der Waals surface area contributed by atoms with Gasteiger partial charge < -0.3 is 5.21 Å². The SMILES string of the molecule is O=C1CC(c2ccc(Cl)cc2)Cc2c1c(=O)c1ccc(Cl)cc1n2O. The van der Waals surface area contributed by atoms with E-state index in [-0.39, 0.29) is 34.5 Å². The first-order chi connectivity index (χ1) is 12.0. The van der Waals surface area contributed by atoms with Gasteiger partial charge in [-0.25, -0.2) is 0 Å². The smallest absolute Gasteiger partial charge is 0.200 e. The predicted octanol–water partition coefficient (Wildman–Crippen LogP) is 4.46. The molecule has 0 amide bonds. The Labute approximate surface area is 153 Å². The molecule has 2 aromatic carbocycles. The molecule has 0 fully saturated rings. The number of fused-ring (bicyclic) bond motifs is 2. The third-order valence-electron chi connectivity index (χ3n) is 4.70. The summed E-state index contributed by atoms with van der Waals surface area (Å²) >= 11 is 11.9. The number of benzene rings is 2. The van der Waals surface area contributed by atoms with E-state index < -0.39 is 0 Å². The highest BCUT2D eigenvalue weighted by molar-refractivity contribution is 6.31. The van der Waals surface area contributed by atoms with Crippen LogP contribution in [0.25, 0.3) is 10.9 Å². The number of pyridine rings is 1. The maximum Gasteiger partial charge on any atom is 0.200 e. The summed E-state index contributed by atoms with van der Waals surface area (Å²) in [6.07, 6.45) is 0.611. The Morgan fingerprint density at radius 3 is 2.36 bits per heavy atom. The van der Waals surface area contributed by atoms with Crippen LogP contribution in [0, 0.1) is 0 Å². The molecule has 4 nitrogen and oxygen atoms in total. The molecule has 0 bridgehead atoms. The van der Waals surface area contributed by atoms with Crippen LogP contribution in [0.15, 0.2) is 47.3 Å². The maximum absolute atomic E-state index is 12.7. The standard InChI is InChI=1S/C19H13Cl2NO3/c20-12-3-1-10(2-4-12)11-7-16-18(17(23)8-11)19(24)14-6-5-13(21)9-15(14)22(16)25/h1-6,9,11,25H,7-8H2. The van der Waals surface area contributed by atoms with Crippen LogP contribution < -0.4 is 5.43 Å². The molecule has 25 heavy (non-hydrogen) atoms. The van der Waals surface area contributed by atoms with Crippen LogP contribution in [0.5, 0.6) is 0 Å². The summed E-state index contributed by atoms with van der Waals surface area (Å²) in [6, 6.07) is 11.9. The summed E-state index contributed by atoms with van der Waals surface area (Å²) in [5.41, 5.74) is 1.30. The lowest BCUT2D eigenvalue weighted by Crippen LogP contribution is -2.30. The van der Waals surface area contributed by atoms with Crippen molar-refractivity contribution in [2.24, 2.45) is 0 Å². The second kappa shape index (κ2) is 5.90. The van der Waals surface area contributed by atoms with Gasteiger partial charge in [-0.3, -0.25) is 9.59 Å². The first kappa shape index (κ1) is 16.2. The van der Waals surface area contributed by atoms with Crippen molar-refractivity contribution >= 4 is 39.9 Å². The number of ketones is 1. The predicted molar refractivity (Wildman–Crippen MR) is 97.2 cm³/mol. The highest BCUT2D eigenvalue weighted by Gasteiger charge is 2.32. The van der Waals surface area contributed by atoms with Gasteiger partial charge in [0.05, 0.1) is 16.8 Å². The fourth-order valence-corrected chi connectivity index (χ4v) is 3.76. The molecule has 3 aromatic rings. The Kier molecular flexibility index (Phi) is 3.82. The lowest BCUT2D eigenvalue weighted by molar-refractivity contribution is 0.0949. The van der Waals surface area contributed by atoms with E-state index in [1.807, 2.05) is 12.1 Å². The van der Waals surface area contributed by atoms with Crippen molar-refractivity contribution in [3.63, 3.8) is 0 Å². The van der Waals surface area contributed by atoms with Gasteiger partial charge in [-0.2, -0.15) is 4.73 Å². The molecule has 1 heterocycles. The normalized spacial score (nSPS) is 16.9. The summed E-state index contributed by atoms with van der Waals surface area (Å²) in [5.74, 6) is -0.377. The van der Waals surface area contributed by atoms with Gasteiger partial charge in [-0.1, -0.05) is 35.3 Å². The molecular weight excluding hydrogens is 361 g/mol. The number of hydrogen-bond acceptors (Lipinski definition) is 3. The van der Waals surface area contributed by atoms with Gasteiger partial charge in [0.25, 0.3) is 0 Å². The maximum atomic E-state index is 12.7. The average molecular weight is 374 g/mol. The van der Waals surface area contributed by atoms with Crippen molar-refractivity contribution in [3.05, 3.63) is 79.6 Å². The first-order valence-electron chi connectivity index (χ1n) is 7.81. The van der Waals surface area contributed by atoms with Gasteiger partial charge >= 0.3 is 0 Å². The Morgan fingerprint density at radius 1 is 0.960 bits per heavy atom. The minimum atomic E-state index is -0.355. The Hall–Kier alpha value is -2.30. The van der Waals surface area contributed by atoms with Gasteiger partial charge in [0.2, 0.25) is 5.43 Å². The van der Waals surface area contributed by atoms with Gasteiger partial charge in [0.1, 0.15) is 0 Å². The third-order valence-corrected chi connectivity index (χ3v) is 5.18. The van der Waals surface area contributed by atoms with E-state index >= 15 is 0 Å². The van der Waals surface area contributed by atoms with Crippen LogP contribution in [0.3, 0.4) is 0 Å². The molecule has 126 valence electrons. The number of carbonyl (C=O) groups is 1. The average Bonchev–Trinajstić information content (AvgIpc) is 2.59. The molecule has 1 unspecified atom stereocenters. The molecule has 1 aromatic heterocycles. The quantitative estimate of drug-likeness (QED) is 0.640. The van der Waals surface area contributed by atoms with Crippen LogP contribution in [-0.2, 0) is 6.42 Å². The molecular formula is C19H13Cl2NO3. The lowest BCUT2D eigenvalue weighted by Gasteiger charge is -2.25. The number of carbonyl (C=O) groups excluding carboxylic acids is 1. The first-order valence-corrected chi connectivity index (χ1v) is 8.56. The number of Topliss-reactive ketones (excluding diaryl/α,β-unsaturated/α-hetero) is 1. The Balaban J connectivity index is 1.91. The molecule has 1 aliphatic rings. The topological polar surface area (TPSA) is 59.3 Å². The number of aromatic nitrogens is 1. The molecule has 4 rings (SSSR count). The van der Waals surface area contributed by atoms with Crippen molar-refractivity contribution < 1.29 is 10.0 Å². The molecule has 0 aliphatic heterocycles. The van der Waals surface area contributed by atoms with Crippen molar-refractivity contribution in [2.75, 3.05) is 0 Å². The number of rotatable bonds is 1. The fraction of sp³-hybridized carbons (Fsp3) is 0.158. The number of nitrogens with zero attached hydrogens (tertiary/aromatic N) is 1. The third kappa shape index (κ3) is 2.62. The minimum absolute atomic E-state index is 0.0718. The van der Waals surface area contributed by atoms with E-state index in [9.17, 15) is 14.8 Å². The fourth-order valence-electron chi connectivity index (χ4n) is 3.47. The zero-order valence-electron chi connectivity index (χ0n) is 13.0. The minimum Gasteiger partial charge on any atom is -0.428 e. The molecule has 0 radical (unpaired) electrons. The van der Waals surface area contributed by atoms with E-state index in [1.165, 1.54) is 12.1 Å².